The predicted octanol–water partition coefficient (Wildman–Crippen LogP) is 2.62. The second-order valence-corrected chi connectivity index (χ2v) is 8.81. The van der Waals surface area contributed by atoms with Crippen LogP contribution in [0, 0.1) is 0 Å². The van der Waals surface area contributed by atoms with Gasteiger partial charge in [0.2, 0.25) is 0 Å². The molecule has 0 spiro atoms. The molecule has 0 bridgehead atoms. The van der Waals surface area contributed by atoms with Gasteiger partial charge in [-0.1, -0.05) is 19.3 Å². The molecule has 0 atom stereocenters. The van der Waals surface area contributed by atoms with Gasteiger partial charge in [-0.3, -0.25) is 0 Å². The first-order valence-corrected chi connectivity index (χ1v) is 10.3. The molecule has 0 heterocycles. The Morgan fingerprint density at radius 1 is 1.14 bits per heavy atom. The Hall–Kier alpha value is -0.633. The van der Waals surface area contributed by atoms with Crippen LogP contribution in [-0.4, -0.2) is 60.2 Å². The van der Waals surface area contributed by atoms with Gasteiger partial charge >= 0.3 is 14.8 Å². The summed E-state index contributed by atoms with van der Waals surface area (Å²) in [6.07, 6.45) is 6.76. The third-order valence-corrected chi connectivity index (χ3v) is 7.25. The monoisotopic (exact) mass is 332 g/mol. The third-order valence-electron chi connectivity index (χ3n) is 4.42. The normalized spacial score (nSPS) is 16.5. The lowest BCUT2D eigenvalue weighted by atomic mass is 9.94. The molecule has 0 aromatic heterocycles. The van der Waals surface area contributed by atoms with Crippen LogP contribution in [0.1, 0.15) is 45.4 Å². The Morgan fingerprint density at radius 3 is 2.23 bits per heavy atom. The van der Waals surface area contributed by atoms with Crippen LogP contribution in [0.3, 0.4) is 0 Å². The predicted molar refractivity (Wildman–Crippen MR) is 88.9 cm³/mol. The summed E-state index contributed by atoms with van der Waals surface area (Å²) in [6.45, 7) is 3.34. The van der Waals surface area contributed by atoms with E-state index in [9.17, 15) is 4.79 Å². The van der Waals surface area contributed by atoms with Gasteiger partial charge in [0.25, 0.3) is 0 Å². The number of nitrogens with one attached hydrogen (secondary N) is 1. The lowest BCUT2D eigenvalue weighted by Crippen LogP contribution is -2.48. The Morgan fingerprint density at radius 2 is 1.73 bits per heavy atom. The van der Waals surface area contributed by atoms with Gasteiger partial charge in [-0.05, 0) is 26.2 Å². The molecule has 130 valence electrons. The summed E-state index contributed by atoms with van der Waals surface area (Å²) in [7, 11) is 2.34. The van der Waals surface area contributed by atoms with Crippen molar-refractivity contribution in [3.05, 3.63) is 0 Å². The molecule has 0 aromatic carbocycles. The highest BCUT2D eigenvalue weighted by molar-refractivity contribution is 6.60. The highest BCUT2D eigenvalue weighted by Gasteiger charge is 2.37. The van der Waals surface area contributed by atoms with Crippen molar-refractivity contribution >= 4 is 14.8 Å². The Balaban J connectivity index is 2.58. The maximum absolute atomic E-state index is 12.3. The maximum atomic E-state index is 12.3. The zero-order valence-electron chi connectivity index (χ0n) is 14.5. The minimum absolute atomic E-state index is 0.0499. The molecule has 1 N–H and O–H groups in total. The number of nitrogens with zero attached hydrogens (tertiary/aromatic N) is 1. The molecule has 0 aromatic rings. The molecule has 0 unspecified atom stereocenters. The van der Waals surface area contributed by atoms with E-state index in [2.05, 4.69) is 5.32 Å². The van der Waals surface area contributed by atoms with Crippen LogP contribution in [0.15, 0.2) is 0 Å². The van der Waals surface area contributed by atoms with Crippen molar-refractivity contribution in [2.24, 2.45) is 0 Å². The van der Waals surface area contributed by atoms with E-state index < -0.39 is 8.80 Å². The fourth-order valence-electron chi connectivity index (χ4n) is 3.12. The van der Waals surface area contributed by atoms with Crippen molar-refractivity contribution in [2.75, 3.05) is 34.4 Å². The number of carbonyl (C=O) groups is 1. The molecule has 7 heteroatoms. The van der Waals surface area contributed by atoms with Crippen LogP contribution in [0.5, 0.6) is 0 Å². The number of rotatable bonds is 9. The first-order valence-electron chi connectivity index (χ1n) is 8.32. The van der Waals surface area contributed by atoms with E-state index in [0.29, 0.717) is 12.6 Å². The van der Waals surface area contributed by atoms with E-state index in [1.807, 2.05) is 11.8 Å². The van der Waals surface area contributed by atoms with E-state index in [4.69, 9.17) is 13.3 Å². The van der Waals surface area contributed by atoms with Gasteiger partial charge in [-0.25, -0.2) is 4.79 Å². The van der Waals surface area contributed by atoms with Crippen LogP contribution in [0.25, 0.3) is 0 Å². The van der Waals surface area contributed by atoms with Gasteiger partial charge in [0, 0.05) is 46.5 Å². The summed E-state index contributed by atoms with van der Waals surface area (Å²) in [5, 5.41) is 2.94. The van der Waals surface area contributed by atoms with Crippen LogP contribution < -0.4 is 5.32 Å². The standard InChI is InChI=1S/C15H32N2O4Si/c1-5-16-15(18)17(14-10-7-6-8-11-14)12-9-13-22(19-2,20-3)21-4/h14H,5-13H2,1-4H3,(H,16,18). The van der Waals surface area contributed by atoms with Crippen molar-refractivity contribution in [3.63, 3.8) is 0 Å². The molecule has 0 aliphatic heterocycles. The number of urea groups is 1. The van der Waals surface area contributed by atoms with E-state index in [1.54, 1.807) is 21.3 Å². The van der Waals surface area contributed by atoms with Crippen molar-refractivity contribution in [3.8, 4) is 0 Å². The van der Waals surface area contributed by atoms with Crippen LogP contribution in [0.4, 0.5) is 4.79 Å². The molecule has 22 heavy (non-hydrogen) atoms. The SMILES string of the molecule is CCNC(=O)N(CCC[Si](OC)(OC)OC)C1CCCCC1. The van der Waals surface area contributed by atoms with Crippen molar-refractivity contribution < 1.29 is 18.1 Å². The number of hydrogen-bond acceptors (Lipinski definition) is 4. The van der Waals surface area contributed by atoms with Gasteiger partial charge < -0.3 is 23.5 Å². The minimum atomic E-state index is -2.55. The lowest BCUT2D eigenvalue weighted by molar-refractivity contribution is 0.118. The molecule has 1 aliphatic rings. The second kappa shape index (κ2) is 10.2. The average Bonchev–Trinajstić information content (AvgIpc) is 2.57. The van der Waals surface area contributed by atoms with E-state index in [0.717, 1.165) is 31.9 Å². The topological polar surface area (TPSA) is 60.0 Å². The Labute approximate surface area is 135 Å². The molecular weight excluding hydrogens is 300 g/mol. The summed E-state index contributed by atoms with van der Waals surface area (Å²) in [4.78, 5) is 14.3. The molecule has 1 fully saturated rings. The first kappa shape index (κ1) is 19.4. The summed E-state index contributed by atoms with van der Waals surface area (Å²) in [6, 6.07) is 1.14. The van der Waals surface area contributed by atoms with Crippen LogP contribution >= 0.6 is 0 Å². The Bertz CT molecular complexity index is 312. The summed E-state index contributed by atoms with van der Waals surface area (Å²) < 4.78 is 16.3. The second-order valence-electron chi connectivity index (χ2n) is 5.72. The van der Waals surface area contributed by atoms with E-state index >= 15 is 0 Å². The van der Waals surface area contributed by atoms with Gasteiger partial charge in [-0.15, -0.1) is 0 Å². The van der Waals surface area contributed by atoms with Crippen molar-refractivity contribution in [2.45, 2.75) is 57.5 Å². The summed E-state index contributed by atoms with van der Waals surface area (Å²) in [5.74, 6) is 0. The smallest absolute Gasteiger partial charge is 0.377 e. The van der Waals surface area contributed by atoms with Crippen LogP contribution in [-0.2, 0) is 13.3 Å². The molecule has 1 saturated carbocycles. The van der Waals surface area contributed by atoms with E-state index in [1.165, 1.54) is 19.3 Å². The minimum Gasteiger partial charge on any atom is -0.377 e. The van der Waals surface area contributed by atoms with Gasteiger partial charge in [-0.2, -0.15) is 0 Å². The fraction of sp³-hybridized carbons (Fsp3) is 0.933. The van der Waals surface area contributed by atoms with Crippen LogP contribution in [0.2, 0.25) is 6.04 Å². The molecule has 1 aliphatic carbocycles. The van der Waals surface area contributed by atoms with Crippen molar-refractivity contribution in [1.29, 1.82) is 0 Å². The molecule has 2 amide bonds. The highest BCUT2D eigenvalue weighted by Crippen LogP contribution is 2.24. The number of hydrogen-bond donors (Lipinski definition) is 1. The molecule has 0 radical (unpaired) electrons. The molecule has 0 saturated heterocycles. The quantitative estimate of drug-likeness (QED) is 0.659. The zero-order chi connectivity index (χ0) is 16.4. The summed E-state index contributed by atoms with van der Waals surface area (Å²) >= 11 is 0. The lowest BCUT2D eigenvalue weighted by Gasteiger charge is -2.35. The van der Waals surface area contributed by atoms with Gasteiger partial charge in [0.1, 0.15) is 0 Å². The van der Waals surface area contributed by atoms with Gasteiger partial charge in [0.05, 0.1) is 0 Å². The largest absolute Gasteiger partial charge is 0.500 e. The first-order chi connectivity index (χ1) is 10.6. The molecule has 1 rings (SSSR count). The van der Waals surface area contributed by atoms with Gasteiger partial charge in [0.15, 0.2) is 0 Å². The third kappa shape index (κ3) is 5.53. The Kier molecular flexibility index (Phi) is 9.00. The fourth-order valence-corrected chi connectivity index (χ4v) is 4.82. The number of carbonyl (C=O) groups excluding carboxylic acids is 1. The molecular formula is C15H32N2O4Si. The zero-order valence-corrected chi connectivity index (χ0v) is 15.5. The van der Waals surface area contributed by atoms with Crippen molar-refractivity contribution in [1.82, 2.24) is 10.2 Å². The summed E-state index contributed by atoms with van der Waals surface area (Å²) in [5.41, 5.74) is 0. The number of amides is 2. The molecule has 6 nitrogen and oxygen atoms in total. The highest BCUT2D eigenvalue weighted by atomic mass is 28.4. The van der Waals surface area contributed by atoms with E-state index in [-0.39, 0.29) is 6.03 Å². The average molecular weight is 333 g/mol. The maximum Gasteiger partial charge on any atom is 0.500 e.